The number of ether oxygens (including phenoxy) is 2. The number of hydrogen-bond donors (Lipinski definition) is 2. The van der Waals surface area contributed by atoms with E-state index >= 15 is 0 Å². The lowest BCUT2D eigenvalue weighted by Crippen LogP contribution is -2.47. The molecule has 2 aromatic rings. The smallest absolute Gasteiger partial charge is 0.321 e. The van der Waals surface area contributed by atoms with Crippen molar-refractivity contribution in [2.75, 3.05) is 25.5 Å². The van der Waals surface area contributed by atoms with Gasteiger partial charge in [-0.1, -0.05) is 30.3 Å². The molecule has 1 aliphatic heterocycles. The van der Waals surface area contributed by atoms with Crippen LogP contribution in [0.4, 0.5) is 10.5 Å². The second-order valence-electron chi connectivity index (χ2n) is 8.66. The number of nitrogens with one attached hydrogen (secondary N) is 2. The first-order valence-electron chi connectivity index (χ1n) is 11.6. The molecular weight excluding hydrogens is 434 g/mol. The number of urea groups is 1. The highest BCUT2D eigenvalue weighted by Crippen LogP contribution is 2.24. The van der Waals surface area contributed by atoms with Gasteiger partial charge >= 0.3 is 12.0 Å². The number of hydrogen-bond acceptors (Lipinski definition) is 5. The molecule has 1 aliphatic rings. The molecule has 0 spiro atoms. The van der Waals surface area contributed by atoms with Gasteiger partial charge in [-0.05, 0) is 56.5 Å². The second-order valence-corrected chi connectivity index (χ2v) is 8.66. The van der Waals surface area contributed by atoms with Crippen molar-refractivity contribution in [3.05, 3.63) is 60.2 Å². The predicted octanol–water partition coefficient (Wildman–Crippen LogP) is 4.14. The normalized spacial score (nSPS) is 16.5. The van der Waals surface area contributed by atoms with Gasteiger partial charge in [0.25, 0.3) is 0 Å². The van der Waals surface area contributed by atoms with E-state index in [0.717, 1.165) is 12.0 Å². The number of methoxy groups -OCH3 is 1. The zero-order chi connectivity index (χ0) is 24.5. The Bertz CT molecular complexity index is 962. The van der Waals surface area contributed by atoms with E-state index in [-0.39, 0.29) is 36.4 Å². The Kier molecular flexibility index (Phi) is 8.90. The second kappa shape index (κ2) is 12.1. The molecule has 1 heterocycles. The molecule has 0 bridgehead atoms. The third-order valence-electron chi connectivity index (χ3n) is 5.68. The van der Waals surface area contributed by atoms with Crippen molar-refractivity contribution in [3.8, 4) is 5.75 Å². The lowest BCUT2D eigenvalue weighted by molar-refractivity contribution is -0.148. The summed E-state index contributed by atoms with van der Waals surface area (Å²) in [4.78, 5) is 39.9. The highest BCUT2D eigenvalue weighted by molar-refractivity contribution is 5.90. The Morgan fingerprint density at radius 3 is 2.41 bits per heavy atom. The van der Waals surface area contributed by atoms with Crippen molar-refractivity contribution in [1.82, 2.24) is 10.2 Å². The molecule has 3 rings (SSSR count). The molecule has 0 aromatic heterocycles. The highest BCUT2D eigenvalue weighted by atomic mass is 16.5. The van der Waals surface area contributed by atoms with Crippen LogP contribution in [-0.2, 0) is 14.3 Å². The molecule has 3 amide bonds. The van der Waals surface area contributed by atoms with Gasteiger partial charge < -0.3 is 25.0 Å². The topological polar surface area (TPSA) is 97.0 Å². The summed E-state index contributed by atoms with van der Waals surface area (Å²) in [6.45, 7) is 4.48. The van der Waals surface area contributed by atoms with E-state index in [4.69, 9.17) is 9.47 Å². The van der Waals surface area contributed by atoms with Gasteiger partial charge in [0.2, 0.25) is 5.91 Å². The van der Waals surface area contributed by atoms with Crippen LogP contribution in [0.15, 0.2) is 54.6 Å². The van der Waals surface area contributed by atoms with Crippen LogP contribution in [0.3, 0.4) is 0 Å². The maximum atomic E-state index is 13.2. The molecule has 2 aromatic carbocycles. The van der Waals surface area contributed by atoms with E-state index in [1.165, 1.54) is 0 Å². The third-order valence-corrected chi connectivity index (χ3v) is 5.68. The minimum absolute atomic E-state index is 0.0151. The highest BCUT2D eigenvalue weighted by Gasteiger charge is 2.30. The summed E-state index contributed by atoms with van der Waals surface area (Å²) in [5.41, 5.74) is 1.49. The number of para-hydroxylation sites is 1. The standard InChI is InChI=1S/C26H33N3O5/c1-18(2)34-24(30)16-23(19-11-13-22(33-3)14-12-19)28-25(31)20-8-7-15-29(17-20)26(32)27-21-9-5-4-6-10-21/h4-6,9-14,18,20,23H,7-8,15-17H2,1-3H3,(H,27,32)(H,28,31)/t20-,23-/m0/s1. The molecule has 0 unspecified atom stereocenters. The van der Waals surface area contributed by atoms with Crippen molar-refractivity contribution >= 4 is 23.6 Å². The molecule has 8 heteroatoms. The predicted molar refractivity (Wildman–Crippen MR) is 129 cm³/mol. The minimum atomic E-state index is -0.543. The largest absolute Gasteiger partial charge is 0.497 e. The first-order chi connectivity index (χ1) is 16.4. The van der Waals surface area contributed by atoms with E-state index < -0.39 is 6.04 Å². The van der Waals surface area contributed by atoms with Gasteiger partial charge in [-0.25, -0.2) is 4.79 Å². The maximum Gasteiger partial charge on any atom is 0.321 e. The number of carbonyl (C=O) groups excluding carboxylic acids is 3. The molecule has 1 fully saturated rings. The molecule has 8 nitrogen and oxygen atoms in total. The van der Waals surface area contributed by atoms with E-state index in [9.17, 15) is 14.4 Å². The van der Waals surface area contributed by atoms with Crippen LogP contribution in [0.2, 0.25) is 0 Å². The summed E-state index contributed by atoms with van der Waals surface area (Å²) in [6.07, 6.45) is 1.17. The first-order valence-corrected chi connectivity index (χ1v) is 11.6. The van der Waals surface area contributed by atoms with Crippen molar-refractivity contribution < 1.29 is 23.9 Å². The lowest BCUT2D eigenvalue weighted by atomic mass is 9.95. The molecular formula is C26H33N3O5. The van der Waals surface area contributed by atoms with Crippen LogP contribution < -0.4 is 15.4 Å². The Morgan fingerprint density at radius 2 is 1.76 bits per heavy atom. The van der Waals surface area contributed by atoms with Gasteiger partial charge in [-0.15, -0.1) is 0 Å². The van der Waals surface area contributed by atoms with Gasteiger partial charge in [-0.2, -0.15) is 0 Å². The number of rotatable bonds is 8. The van der Waals surface area contributed by atoms with Gasteiger partial charge in [0.15, 0.2) is 0 Å². The lowest BCUT2D eigenvalue weighted by Gasteiger charge is -2.33. The number of carbonyl (C=O) groups is 3. The fourth-order valence-electron chi connectivity index (χ4n) is 3.96. The summed E-state index contributed by atoms with van der Waals surface area (Å²) in [5, 5.41) is 5.89. The Hall–Kier alpha value is -3.55. The molecule has 2 atom stereocenters. The third kappa shape index (κ3) is 7.23. The Balaban J connectivity index is 1.66. The number of benzene rings is 2. The molecule has 1 saturated heterocycles. The van der Waals surface area contributed by atoms with Crippen LogP contribution in [0.25, 0.3) is 0 Å². The van der Waals surface area contributed by atoms with Crippen LogP contribution in [-0.4, -0.2) is 49.1 Å². The van der Waals surface area contributed by atoms with Crippen LogP contribution in [0.5, 0.6) is 5.75 Å². The quantitative estimate of drug-likeness (QED) is 0.569. The number of piperidine rings is 1. The van der Waals surface area contributed by atoms with Crippen LogP contribution >= 0.6 is 0 Å². The number of amides is 3. The maximum absolute atomic E-state index is 13.2. The molecule has 0 aliphatic carbocycles. The van der Waals surface area contributed by atoms with E-state index in [2.05, 4.69) is 10.6 Å². The summed E-state index contributed by atoms with van der Waals surface area (Å²) < 4.78 is 10.5. The average Bonchev–Trinajstić information content (AvgIpc) is 2.84. The van der Waals surface area contributed by atoms with E-state index in [0.29, 0.717) is 30.9 Å². The van der Waals surface area contributed by atoms with E-state index in [1.807, 2.05) is 42.5 Å². The number of nitrogens with zero attached hydrogens (tertiary/aromatic N) is 1. The van der Waals surface area contributed by atoms with Gasteiger partial charge in [0.05, 0.1) is 31.6 Å². The Morgan fingerprint density at radius 1 is 1.06 bits per heavy atom. The monoisotopic (exact) mass is 467 g/mol. The summed E-state index contributed by atoms with van der Waals surface area (Å²) in [6, 6.07) is 15.7. The first kappa shape index (κ1) is 25.1. The van der Waals surface area contributed by atoms with Crippen molar-refractivity contribution in [3.63, 3.8) is 0 Å². The molecule has 34 heavy (non-hydrogen) atoms. The zero-order valence-electron chi connectivity index (χ0n) is 20.0. The van der Waals surface area contributed by atoms with E-state index in [1.54, 1.807) is 38.0 Å². The molecule has 0 saturated carbocycles. The van der Waals surface area contributed by atoms with Crippen molar-refractivity contribution in [2.45, 2.75) is 45.3 Å². The van der Waals surface area contributed by atoms with Crippen LogP contribution in [0.1, 0.15) is 44.7 Å². The van der Waals surface area contributed by atoms with Crippen molar-refractivity contribution in [2.24, 2.45) is 5.92 Å². The summed E-state index contributed by atoms with van der Waals surface area (Å²) >= 11 is 0. The molecule has 182 valence electrons. The number of likely N-dealkylation sites (tertiary alicyclic amines) is 1. The SMILES string of the molecule is COc1ccc([C@H](CC(=O)OC(C)C)NC(=O)[C@H]2CCCN(C(=O)Nc3ccccc3)C2)cc1. The average molecular weight is 468 g/mol. The van der Waals surface area contributed by atoms with Gasteiger partial charge in [0, 0.05) is 18.8 Å². The molecule has 2 N–H and O–H groups in total. The Labute approximate surface area is 200 Å². The number of anilines is 1. The fraction of sp³-hybridized carbons (Fsp3) is 0.423. The fourth-order valence-corrected chi connectivity index (χ4v) is 3.96. The number of esters is 1. The summed E-state index contributed by atoms with van der Waals surface area (Å²) in [7, 11) is 1.58. The van der Waals surface area contributed by atoms with Crippen LogP contribution in [0, 0.1) is 5.92 Å². The summed E-state index contributed by atoms with van der Waals surface area (Å²) in [5.74, 6) is -0.248. The molecule has 0 radical (unpaired) electrons. The van der Waals surface area contributed by atoms with Crippen molar-refractivity contribution in [1.29, 1.82) is 0 Å². The van der Waals surface area contributed by atoms with Gasteiger partial charge in [0.1, 0.15) is 5.75 Å². The van der Waals surface area contributed by atoms with Gasteiger partial charge in [-0.3, -0.25) is 9.59 Å². The minimum Gasteiger partial charge on any atom is -0.497 e. The zero-order valence-corrected chi connectivity index (χ0v) is 20.0.